The van der Waals surface area contributed by atoms with Crippen molar-refractivity contribution in [2.75, 3.05) is 30.9 Å². The Morgan fingerprint density at radius 3 is 2.40 bits per heavy atom. The normalized spacial score (nSPS) is 15.5. The molecule has 1 saturated heterocycles. The Hall–Kier alpha value is -1.42. The molecule has 0 bridgehead atoms. The topological polar surface area (TPSA) is 94.6 Å². The fraction of sp³-hybridized carbons (Fsp3) is 0.450. The van der Waals surface area contributed by atoms with E-state index in [1.807, 2.05) is 18.2 Å². The van der Waals surface area contributed by atoms with Gasteiger partial charge in [0.25, 0.3) is 0 Å². The number of nitrogens with one attached hydrogen (secondary N) is 2. The number of aliphatic hydroxyl groups is 1. The van der Waals surface area contributed by atoms with Gasteiger partial charge in [-0.1, -0.05) is 24.6 Å². The molecule has 0 spiro atoms. The minimum atomic E-state index is -3.47. The number of benzene rings is 1. The van der Waals surface area contributed by atoms with Gasteiger partial charge in [-0.05, 0) is 49.6 Å². The number of rotatable bonds is 9. The Bertz CT molecular complexity index is 833. The molecule has 0 amide bonds. The Morgan fingerprint density at radius 2 is 1.77 bits per heavy atom. The average Bonchev–Trinajstić information content (AvgIpc) is 2.73. The number of piperidine rings is 1. The minimum absolute atomic E-state index is 0. The fourth-order valence-electron chi connectivity index (χ4n) is 3.22. The average molecular weight is 477 g/mol. The van der Waals surface area contributed by atoms with Gasteiger partial charge in [-0.25, -0.2) is 0 Å². The van der Waals surface area contributed by atoms with Gasteiger partial charge in [-0.2, -0.15) is 12.7 Å². The third kappa shape index (κ3) is 8.02. The van der Waals surface area contributed by atoms with Crippen molar-refractivity contribution in [1.82, 2.24) is 14.6 Å². The summed E-state index contributed by atoms with van der Waals surface area (Å²) in [6.07, 6.45) is 6.48. The summed E-state index contributed by atoms with van der Waals surface area (Å²) in [7, 11) is -3.47. The lowest BCUT2D eigenvalue weighted by Gasteiger charge is -2.26. The summed E-state index contributed by atoms with van der Waals surface area (Å²) in [5.41, 5.74) is 2.47. The second kappa shape index (κ2) is 13.1. The summed E-state index contributed by atoms with van der Waals surface area (Å²) in [4.78, 5) is 4.01. The van der Waals surface area contributed by atoms with Crippen molar-refractivity contribution in [2.45, 2.75) is 31.8 Å². The smallest absolute Gasteiger partial charge is 0.301 e. The van der Waals surface area contributed by atoms with Crippen molar-refractivity contribution in [3.8, 4) is 0 Å². The predicted molar refractivity (Wildman–Crippen MR) is 125 cm³/mol. The standard InChI is InChI=1S/C20H28N4O3S.2ClH/c25-20(18-5-4-11-21-15-18)16-22-12-10-17-6-8-19(9-7-17)23-28(26,27)24-13-2-1-3-14-24;;/h4-9,11,15,20,22-23,25H,1-3,10,12-14,16H2;2*1H/t20-;;/m0../s1. The number of hydrogen-bond donors (Lipinski definition) is 3. The van der Waals surface area contributed by atoms with Crippen LogP contribution in [0, 0.1) is 0 Å². The lowest BCUT2D eigenvalue weighted by atomic mass is 10.1. The van der Waals surface area contributed by atoms with Gasteiger partial charge >= 0.3 is 10.2 Å². The number of pyridine rings is 1. The highest BCUT2D eigenvalue weighted by Crippen LogP contribution is 2.17. The lowest BCUT2D eigenvalue weighted by molar-refractivity contribution is 0.174. The zero-order chi connectivity index (χ0) is 19.8. The number of hydrogen-bond acceptors (Lipinski definition) is 5. The number of aliphatic hydroxyl groups excluding tert-OH is 1. The highest BCUT2D eigenvalue weighted by atomic mass is 35.5. The van der Waals surface area contributed by atoms with Crippen LogP contribution in [0.4, 0.5) is 5.69 Å². The van der Waals surface area contributed by atoms with Crippen LogP contribution in [0.25, 0.3) is 0 Å². The van der Waals surface area contributed by atoms with Gasteiger partial charge in [0.15, 0.2) is 0 Å². The first-order valence-electron chi connectivity index (χ1n) is 9.70. The summed E-state index contributed by atoms with van der Waals surface area (Å²) < 4.78 is 29.0. The summed E-state index contributed by atoms with van der Waals surface area (Å²) in [6, 6.07) is 11.1. The van der Waals surface area contributed by atoms with E-state index in [0.717, 1.165) is 43.4 Å². The number of aromatic nitrogens is 1. The first kappa shape index (κ1) is 26.6. The highest BCUT2D eigenvalue weighted by Gasteiger charge is 2.23. The molecule has 1 fully saturated rings. The van der Waals surface area contributed by atoms with Crippen LogP contribution in [0.15, 0.2) is 48.8 Å². The summed E-state index contributed by atoms with van der Waals surface area (Å²) in [5.74, 6) is 0. The molecular formula is C20H30Cl2N4O3S. The van der Waals surface area contributed by atoms with E-state index in [1.165, 1.54) is 4.31 Å². The van der Waals surface area contributed by atoms with Crippen LogP contribution in [0.2, 0.25) is 0 Å². The Morgan fingerprint density at radius 1 is 1.07 bits per heavy atom. The molecule has 0 aliphatic carbocycles. The van der Waals surface area contributed by atoms with E-state index >= 15 is 0 Å². The quantitative estimate of drug-likeness (QED) is 0.483. The van der Waals surface area contributed by atoms with Gasteiger partial charge in [-0.3, -0.25) is 9.71 Å². The molecule has 1 atom stereocenters. The molecule has 3 rings (SSSR count). The maximum absolute atomic E-state index is 12.4. The predicted octanol–water partition coefficient (Wildman–Crippen LogP) is 2.93. The molecule has 0 radical (unpaired) electrons. The molecule has 168 valence electrons. The van der Waals surface area contributed by atoms with E-state index in [1.54, 1.807) is 30.6 Å². The Labute approximate surface area is 191 Å². The van der Waals surface area contributed by atoms with Crippen LogP contribution in [-0.4, -0.2) is 49.0 Å². The summed E-state index contributed by atoms with van der Waals surface area (Å²) >= 11 is 0. The van der Waals surface area contributed by atoms with Crippen LogP contribution in [0.3, 0.4) is 0 Å². The molecule has 2 aromatic rings. The second-order valence-corrected chi connectivity index (χ2v) is 8.69. The number of halogens is 2. The zero-order valence-corrected chi connectivity index (χ0v) is 19.2. The van der Waals surface area contributed by atoms with Crippen LogP contribution in [0.1, 0.15) is 36.5 Å². The molecule has 1 aliphatic rings. The largest absolute Gasteiger partial charge is 0.387 e. The van der Waals surface area contributed by atoms with Crippen LogP contribution in [0.5, 0.6) is 0 Å². The molecule has 3 N–H and O–H groups in total. The molecule has 10 heteroatoms. The molecular weight excluding hydrogens is 447 g/mol. The van der Waals surface area contributed by atoms with Crippen molar-refractivity contribution in [2.24, 2.45) is 0 Å². The molecule has 1 aromatic heterocycles. The van der Waals surface area contributed by atoms with Crippen LogP contribution >= 0.6 is 24.8 Å². The van der Waals surface area contributed by atoms with Crippen molar-refractivity contribution >= 4 is 40.7 Å². The van der Waals surface area contributed by atoms with Gasteiger partial charge in [0.1, 0.15) is 0 Å². The summed E-state index contributed by atoms with van der Waals surface area (Å²) in [5, 5.41) is 13.3. The van der Waals surface area contributed by atoms with Gasteiger partial charge < -0.3 is 10.4 Å². The zero-order valence-electron chi connectivity index (χ0n) is 16.7. The lowest BCUT2D eigenvalue weighted by Crippen LogP contribution is -2.39. The molecule has 30 heavy (non-hydrogen) atoms. The van der Waals surface area contributed by atoms with E-state index < -0.39 is 16.3 Å². The van der Waals surface area contributed by atoms with Crippen LogP contribution < -0.4 is 10.0 Å². The first-order chi connectivity index (χ1) is 13.5. The van der Waals surface area contributed by atoms with Gasteiger partial charge in [0.2, 0.25) is 0 Å². The molecule has 2 heterocycles. The molecule has 7 nitrogen and oxygen atoms in total. The van der Waals surface area contributed by atoms with Gasteiger partial charge in [-0.15, -0.1) is 24.8 Å². The van der Waals surface area contributed by atoms with Crippen molar-refractivity contribution in [1.29, 1.82) is 0 Å². The first-order valence-corrected chi connectivity index (χ1v) is 11.1. The van der Waals surface area contributed by atoms with Crippen molar-refractivity contribution < 1.29 is 13.5 Å². The molecule has 0 unspecified atom stereocenters. The number of nitrogens with zero attached hydrogens (tertiary/aromatic N) is 2. The van der Waals surface area contributed by atoms with E-state index in [-0.39, 0.29) is 24.8 Å². The monoisotopic (exact) mass is 476 g/mol. The Kier molecular flexibility index (Phi) is 11.6. The second-order valence-electron chi connectivity index (χ2n) is 7.02. The SMILES string of the molecule is Cl.Cl.O=S(=O)(Nc1ccc(CCNC[C@H](O)c2cccnc2)cc1)N1CCCCC1. The van der Waals surface area contributed by atoms with Gasteiger partial charge in [0.05, 0.1) is 6.10 Å². The molecule has 1 aromatic carbocycles. The fourth-order valence-corrected chi connectivity index (χ4v) is 4.52. The minimum Gasteiger partial charge on any atom is -0.387 e. The number of anilines is 1. The maximum atomic E-state index is 12.4. The van der Waals surface area contributed by atoms with Crippen molar-refractivity contribution in [3.63, 3.8) is 0 Å². The third-order valence-corrected chi connectivity index (χ3v) is 6.39. The van der Waals surface area contributed by atoms with E-state index in [9.17, 15) is 13.5 Å². The van der Waals surface area contributed by atoms with E-state index in [0.29, 0.717) is 25.3 Å². The maximum Gasteiger partial charge on any atom is 0.301 e. The summed E-state index contributed by atoms with van der Waals surface area (Å²) in [6.45, 7) is 2.35. The van der Waals surface area contributed by atoms with E-state index in [4.69, 9.17) is 0 Å². The third-order valence-electron chi connectivity index (χ3n) is 4.85. The van der Waals surface area contributed by atoms with Crippen LogP contribution in [-0.2, 0) is 16.6 Å². The van der Waals surface area contributed by atoms with Gasteiger partial charge in [0, 0.05) is 43.3 Å². The molecule has 0 saturated carbocycles. The molecule has 1 aliphatic heterocycles. The van der Waals surface area contributed by atoms with E-state index in [2.05, 4.69) is 15.0 Å². The Balaban J connectivity index is 0.00000225. The highest BCUT2D eigenvalue weighted by molar-refractivity contribution is 7.90. The van der Waals surface area contributed by atoms with Crippen molar-refractivity contribution in [3.05, 3.63) is 59.9 Å².